The number of rotatable bonds is 4. The maximum Gasteiger partial charge on any atom is 0.243 e. The van der Waals surface area contributed by atoms with Crippen LogP contribution in [0.25, 0.3) is 0 Å². The molecule has 1 aromatic carbocycles. The maximum absolute atomic E-state index is 12.7. The van der Waals surface area contributed by atoms with Crippen molar-refractivity contribution in [1.82, 2.24) is 9.29 Å². The Kier molecular flexibility index (Phi) is 5.38. The van der Waals surface area contributed by atoms with Gasteiger partial charge in [0.25, 0.3) is 0 Å². The van der Waals surface area contributed by atoms with Crippen molar-refractivity contribution in [2.75, 3.05) is 18.4 Å². The summed E-state index contributed by atoms with van der Waals surface area (Å²) in [5, 5.41) is 2.85. The molecule has 0 unspecified atom stereocenters. The third kappa shape index (κ3) is 3.94. The summed E-state index contributed by atoms with van der Waals surface area (Å²) in [4.78, 5) is 16.9. The lowest BCUT2D eigenvalue weighted by Crippen LogP contribution is -2.41. The van der Waals surface area contributed by atoms with Gasteiger partial charge in [-0.2, -0.15) is 4.31 Å². The van der Waals surface area contributed by atoms with Crippen LogP contribution in [0.15, 0.2) is 47.5 Å². The van der Waals surface area contributed by atoms with Crippen LogP contribution in [0.5, 0.6) is 0 Å². The van der Waals surface area contributed by atoms with Crippen molar-refractivity contribution in [3.63, 3.8) is 0 Å². The van der Waals surface area contributed by atoms with Crippen LogP contribution in [0, 0.1) is 19.8 Å². The van der Waals surface area contributed by atoms with Crippen LogP contribution in [-0.4, -0.2) is 36.7 Å². The SMILES string of the molecule is Cc1ccc(S(=O)(=O)N2CCC(C(=O)Nc3ncccc3C)CC2)cc1. The number of hydrogen-bond donors (Lipinski definition) is 1. The van der Waals surface area contributed by atoms with Crippen LogP contribution in [0.4, 0.5) is 5.82 Å². The number of aromatic nitrogens is 1. The molecule has 2 aromatic rings. The standard InChI is InChI=1S/C19H23N3O3S/c1-14-5-7-17(8-6-14)26(24,25)22-12-9-16(10-13-22)19(23)21-18-15(2)4-3-11-20-18/h3-8,11,16H,9-10,12-13H2,1-2H3,(H,20,21,23). The van der Waals surface area contributed by atoms with Crippen molar-refractivity contribution in [3.05, 3.63) is 53.7 Å². The predicted molar refractivity (Wildman–Crippen MR) is 100 cm³/mol. The number of nitrogens with one attached hydrogen (secondary N) is 1. The fourth-order valence-corrected chi connectivity index (χ4v) is 4.52. The van der Waals surface area contributed by atoms with Gasteiger partial charge in [0.15, 0.2) is 0 Å². The topological polar surface area (TPSA) is 79.4 Å². The van der Waals surface area contributed by atoms with E-state index in [0.717, 1.165) is 11.1 Å². The van der Waals surface area contributed by atoms with E-state index in [1.54, 1.807) is 30.5 Å². The number of nitrogens with zero attached hydrogens (tertiary/aromatic N) is 2. The lowest BCUT2D eigenvalue weighted by molar-refractivity contribution is -0.120. The molecule has 1 aliphatic rings. The predicted octanol–water partition coefficient (Wildman–Crippen LogP) is 2.74. The Hall–Kier alpha value is -2.25. The smallest absolute Gasteiger partial charge is 0.243 e. The second kappa shape index (κ2) is 7.55. The molecule has 1 amide bonds. The molecule has 1 aromatic heterocycles. The van der Waals surface area contributed by atoms with Gasteiger partial charge in [-0.25, -0.2) is 13.4 Å². The molecule has 0 aliphatic carbocycles. The zero-order chi connectivity index (χ0) is 18.7. The van der Waals surface area contributed by atoms with Gasteiger partial charge in [-0.1, -0.05) is 23.8 Å². The Morgan fingerprint density at radius 3 is 2.38 bits per heavy atom. The van der Waals surface area contributed by atoms with E-state index in [9.17, 15) is 13.2 Å². The average molecular weight is 373 g/mol. The molecule has 138 valence electrons. The number of sulfonamides is 1. The first-order chi connectivity index (χ1) is 12.4. The maximum atomic E-state index is 12.7. The summed E-state index contributed by atoms with van der Waals surface area (Å²) >= 11 is 0. The number of amides is 1. The molecule has 3 rings (SSSR count). The van der Waals surface area contributed by atoms with Crippen molar-refractivity contribution < 1.29 is 13.2 Å². The largest absolute Gasteiger partial charge is 0.310 e. The average Bonchev–Trinajstić information content (AvgIpc) is 2.64. The van der Waals surface area contributed by atoms with E-state index in [1.807, 2.05) is 26.0 Å². The van der Waals surface area contributed by atoms with E-state index in [1.165, 1.54) is 4.31 Å². The zero-order valence-electron chi connectivity index (χ0n) is 15.0. The second-order valence-electron chi connectivity index (χ2n) is 6.65. The molecule has 1 N–H and O–H groups in total. The van der Waals surface area contributed by atoms with E-state index >= 15 is 0 Å². The molecule has 7 heteroatoms. The van der Waals surface area contributed by atoms with Gasteiger partial charge in [0.1, 0.15) is 5.82 Å². The van der Waals surface area contributed by atoms with Crippen LogP contribution in [0.2, 0.25) is 0 Å². The van der Waals surface area contributed by atoms with Crippen molar-refractivity contribution >= 4 is 21.7 Å². The molecule has 0 saturated carbocycles. The van der Waals surface area contributed by atoms with E-state index < -0.39 is 10.0 Å². The third-order valence-corrected chi connectivity index (χ3v) is 6.65. The number of piperidine rings is 1. The van der Waals surface area contributed by atoms with Crippen LogP contribution < -0.4 is 5.32 Å². The minimum absolute atomic E-state index is 0.0980. The Bertz CT molecular complexity index is 887. The first kappa shape index (κ1) is 18.5. The number of aryl methyl sites for hydroxylation is 2. The van der Waals surface area contributed by atoms with Crippen molar-refractivity contribution in [3.8, 4) is 0 Å². The lowest BCUT2D eigenvalue weighted by Gasteiger charge is -2.30. The van der Waals surface area contributed by atoms with Crippen LogP contribution in [-0.2, 0) is 14.8 Å². The molecule has 6 nitrogen and oxygen atoms in total. The summed E-state index contributed by atoms with van der Waals surface area (Å²) in [6.07, 6.45) is 2.64. The molecule has 1 aliphatic heterocycles. The minimum atomic E-state index is -3.50. The molecule has 0 bridgehead atoms. The monoisotopic (exact) mass is 373 g/mol. The molecule has 2 heterocycles. The molecule has 26 heavy (non-hydrogen) atoms. The molecule has 0 radical (unpaired) electrons. The van der Waals surface area contributed by atoms with Gasteiger partial charge in [-0.15, -0.1) is 0 Å². The highest BCUT2D eigenvalue weighted by Gasteiger charge is 2.32. The molecule has 0 spiro atoms. The molecular formula is C19H23N3O3S. The van der Waals surface area contributed by atoms with E-state index in [4.69, 9.17) is 0 Å². The number of benzene rings is 1. The first-order valence-electron chi connectivity index (χ1n) is 8.67. The van der Waals surface area contributed by atoms with Gasteiger partial charge in [-0.3, -0.25) is 4.79 Å². The van der Waals surface area contributed by atoms with E-state index in [2.05, 4.69) is 10.3 Å². The van der Waals surface area contributed by atoms with Gasteiger partial charge in [-0.05, 0) is 50.5 Å². The third-order valence-electron chi connectivity index (χ3n) is 4.73. The van der Waals surface area contributed by atoms with E-state index in [-0.39, 0.29) is 11.8 Å². The van der Waals surface area contributed by atoms with Crippen molar-refractivity contribution in [1.29, 1.82) is 0 Å². The van der Waals surface area contributed by atoms with Crippen LogP contribution in [0.3, 0.4) is 0 Å². The fraction of sp³-hybridized carbons (Fsp3) is 0.368. The lowest BCUT2D eigenvalue weighted by atomic mass is 9.97. The Morgan fingerprint density at radius 1 is 1.12 bits per heavy atom. The highest BCUT2D eigenvalue weighted by Crippen LogP contribution is 2.25. The first-order valence-corrected chi connectivity index (χ1v) is 10.1. The molecular weight excluding hydrogens is 350 g/mol. The summed E-state index contributed by atoms with van der Waals surface area (Å²) in [5.41, 5.74) is 1.92. The number of anilines is 1. The fourth-order valence-electron chi connectivity index (χ4n) is 3.05. The minimum Gasteiger partial charge on any atom is -0.310 e. The Labute approximate surface area is 154 Å². The summed E-state index contributed by atoms with van der Waals surface area (Å²) < 4.78 is 26.9. The highest BCUT2D eigenvalue weighted by molar-refractivity contribution is 7.89. The van der Waals surface area contributed by atoms with Crippen molar-refractivity contribution in [2.24, 2.45) is 5.92 Å². The van der Waals surface area contributed by atoms with Gasteiger partial charge >= 0.3 is 0 Å². The van der Waals surface area contributed by atoms with Gasteiger partial charge in [0, 0.05) is 25.2 Å². The number of pyridine rings is 1. The Morgan fingerprint density at radius 2 is 1.77 bits per heavy atom. The van der Waals surface area contributed by atoms with Gasteiger partial charge in [0.2, 0.25) is 15.9 Å². The quantitative estimate of drug-likeness (QED) is 0.894. The molecule has 1 saturated heterocycles. The van der Waals surface area contributed by atoms with Crippen LogP contribution in [0.1, 0.15) is 24.0 Å². The van der Waals surface area contributed by atoms with E-state index in [0.29, 0.717) is 36.6 Å². The number of carbonyl (C=O) groups is 1. The summed E-state index contributed by atoms with van der Waals surface area (Å²) in [5.74, 6) is 0.257. The molecule has 1 fully saturated rings. The number of carbonyl (C=O) groups excluding carboxylic acids is 1. The van der Waals surface area contributed by atoms with Gasteiger partial charge in [0.05, 0.1) is 4.90 Å². The highest BCUT2D eigenvalue weighted by atomic mass is 32.2. The summed E-state index contributed by atoms with van der Waals surface area (Å²) in [7, 11) is -3.50. The zero-order valence-corrected chi connectivity index (χ0v) is 15.8. The van der Waals surface area contributed by atoms with Gasteiger partial charge < -0.3 is 5.32 Å². The molecule has 0 atom stereocenters. The summed E-state index contributed by atoms with van der Waals surface area (Å²) in [6.45, 7) is 4.49. The Balaban J connectivity index is 1.62. The second-order valence-corrected chi connectivity index (χ2v) is 8.59. The normalized spacial score (nSPS) is 16.4. The van der Waals surface area contributed by atoms with Crippen LogP contribution >= 0.6 is 0 Å². The van der Waals surface area contributed by atoms with Crippen molar-refractivity contribution in [2.45, 2.75) is 31.6 Å². The summed E-state index contributed by atoms with van der Waals surface area (Å²) in [6, 6.07) is 10.6. The number of hydrogen-bond acceptors (Lipinski definition) is 4.